The smallest absolute Gasteiger partial charge is 0.191 e. The molecule has 2 rings (SSSR count). The number of hydrogen-bond acceptors (Lipinski definition) is 4. The SMILES string of the molecule is CN=C(NCC(C)(C)SC)NC1CCN(c2ncccc2Cl)C1. The number of anilines is 1. The molecular weight excluding hydrogens is 330 g/mol. The number of aliphatic imine (C=N–C) groups is 1. The minimum atomic E-state index is 0.181. The van der Waals surface area contributed by atoms with Crippen molar-refractivity contribution >= 4 is 35.1 Å². The average Bonchev–Trinajstić information content (AvgIpc) is 3.00. The number of rotatable bonds is 5. The van der Waals surface area contributed by atoms with E-state index in [0.29, 0.717) is 11.1 Å². The monoisotopic (exact) mass is 355 g/mol. The fourth-order valence-electron chi connectivity index (χ4n) is 2.44. The van der Waals surface area contributed by atoms with Crippen molar-refractivity contribution in [1.29, 1.82) is 0 Å². The van der Waals surface area contributed by atoms with Gasteiger partial charge in [-0.15, -0.1) is 0 Å². The molecule has 0 aromatic carbocycles. The van der Waals surface area contributed by atoms with Crippen molar-refractivity contribution in [3.05, 3.63) is 23.4 Å². The Balaban J connectivity index is 1.88. The van der Waals surface area contributed by atoms with Gasteiger partial charge in [0.15, 0.2) is 5.96 Å². The van der Waals surface area contributed by atoms with Gasteiger partial charge in [-0.1, -0.05) is 11.6 Å². The molecule has 2 N–H and O–H groups in total. The number of halogens is 1. The van der Waals surface area contributed by atoms with Gasteiger partial charge in [-0.3, -0.25) is 4.99 Å². The standard InChI is InChI=1S/C16H26ClN5S/c1-16(2,23-4)11-20-15(18-3)21-12-7-9-22(10-12)14-13(17)6-5-8-19-14/h5-6,8,12H,7,9-11H2,1-4H3,(H2,18,20,21). The van der Waals surface area contributed by atoms with Crippen LogP contribution in [0.5, 0.6) is 0 Å². The van der Waals surface area contributed by atoms with Gasteiger partial charge >= 0.3 is 0 Å². The Bertz CT molecular complexity index is 549. The predicted molar refractivity (Wildman–Crippen MR) is 102 cm³/mol. The minimum Gasteiger partial charge on any atom is -0.355 e. The molecule has 2 heterocycles. The fraction of sp³-hybridized carbons (Fsp3) is 0.625. The Morgan fingerprint density at radius 3 is 3.00 bits per heavy atom. The molecule has 0 aliphatic carbocycles. The zero-order chi connectivity index (χ0) is 16.9. The molecule has 1 aromatic heterocycles. The number of hydrogen-bond donors (Lipinski definition) is 2. The first kappa shape index (κ1) is 18.2. The highest BCUT2D eigenvalue weighted by atomic mass is 35.5. The summed E-state index contributed by atoms with van der Waals surface area (Å²) in [6, 6.07) is 4.09. The second-order valence-corrected chi connectivity index (χ2v) is 8.19. The highest BCUT2D eigenvalue weighted by Gasteiger charge is 2.26. The number of guanidine groups is 1. The lowest BCUT2D eigenvalue weighted by molar-refractivity contribution is 0.623. The number of aromatic nitrogens is 1. The quantitative estimate of drug-likeness (QED) is 0.628. The maximum absolute atomic E-state index is 6.24. The number of nitrogens with zero attached hydrogens (tertiary/aromatic N) is 3. The van der Waals surface area contributed by atoms with E-state index in [0.717, 1.165) is 37.8 Å². The predicted octanol–water partition coefficient (Wildman–Crippen LogP) is 2.62. The third kappa shape index (κ3) is 5.18. The summed E-state index contributed by atoms with van der Waals surface area (Å²) < 4.78 is 0.181. The van der Waals surface area contributed by atoms with E-state index in [1.54, 1.807) is 6.20 Å². The Morgan fingerprint density at radius 1 is 1.57 bits per heavy atom. The van der Waals surface area contributed by atoms with Gasteiger partial charge < -0.3 is 15.5 Å². The van der Waals surface area contributed by atoms with Crippen LogP contribution in [0.4, 0.5) is 5.82 Å². The Kier molecular flexibility index (Phi) is 6.41. The van der Waals surface area contributed by atoms with Gasteiger partial charge in [0, 0.05) is 43.7 Å². The van der Waals surface area contributed by atoms with Crippen molar-refractivity contribution in [2.45, 2.75) is 31.1 Å². The van der Waals surface area contributed by atoms with E-state index in [9.17, 15) is 0 Å². The lowest BCUT2D eigenvalue weighted by Gasteiger charge is -2.25. The number of nitrogens with one attached hydrogen (secondary N) is 2. The summed E-state index contributed by atoms with van der Waals surface area (Å²) >= 11 is 8.08. The van der Waals surface area contributed by atoms with Crippen LogP contribution in [0.3, 0.4) is 0 Å². The third-order valence-electron chi connectivity index (χ3n) is 4.03. The van der Waals surface area contributed by atoms with Crippen molar-refractivity contribution < 1.29 is 0 Å². The molecule has 1 atom stereocenters. The van der Waals surface area contributed by atoms with E-state index in [4.69, 9.17) is 11.6 Å². The lowest BCUT2D eigenvalue weighted by Crippen LogP contribution is -2.47. The normalized spacial score (nSPS) is 19.1. The highest BCUT2D eigenvalue weighted by Crippen LogP contribution is 2.25. The minimum absolute atomic E-state index is 0.181. The molecule has 128 valence electrons. The molecule has 1 aliphatic heterocycles. The van der Waals surface area contributed by atoms with E-state index in [1.807, 2.05) is 30.9 Å². The summed E-state index contributed by atoms with van der Waals surface area (Å²) in [6.45, 7) is 7.14. The summed E-state index contributed by atoms with van der Waals surface area (Å²) in [7, 11) is 1.81. The first-order chi connectivity index (χ1) is 10.9. The van der Waals surface area contributed by atoms with Gasteiger partial charge in [0.25, 0.3) is 0 Å². The maximum atomic E-state index is 6.24. The van der Waals surface area contributed by atoms with Crippen LogP contribution in [-0.2, 0) is 0 Å². The molecule has 1 aliphatic rings. The van der Waals surface area contributed by atoms with Gasteiger partial charge in [0.2, 0.25) is 0 Å². The summed E-state index contributed by atoms with van der Waals surface area (Å²) in [5.41, 5.74) is 0. The molecule has 5 nitrogen and oxygen atoms in total. The molecule has 0 amide bonds. The van der Waals surface area contributed by atoms with E-state index >= 15 is 0 Å². The molecular formula is C16H26ClN5S. The van der Waals surface area contributed by atoms with Crippen LogP contribution in [-0.4, -0.2) is 54.7 Å². The average molecular weight is 356 g/mol. The van der Waals surface area contributed by atoms with Crippen molar-refractivity contribution in [3.63, 3.8) is 0 Å². The lowest BCUT2D eigenvalue weighted by atomic mass is 10.2. The zero-order valence-corrected chi connectivity index (χ0v) is 15.8. The van der Waals surface area contributed by atoms with Crippen molar-refractivity contribution in [2.75, 3.05) is 37.8 Å². The second-order valence-electron chi connectivity index (χ2n) is 6.27. The van der Waals surface area contributed by atoms with Gasteiger partial charge in [0.05, 0.1) is 5.02 Å². The Labute approximate surface area is 148 Å². The van der Waals surface area contributed by atoms with Crippen LogP contribution in [0.1, 0.15) is 20.3 Å². The molecule has 0 spiro atoms. The number of thioether (sulfide) groups is 1. The van der Waals surface area contributed by atoms with Crippen LogP contribution in [0.15, 0.2) is 23.3 Å². The Morgan fingerprint density at radius 2 is 2.35 bits per heavy atom. The first-order valence-corrected chi connectivity index (χ1v) is 9.43. The molecule has 1 fully saturated rings. The summed E-state index contributed by atoms with van der Waals surface area (Å²) in [6.07, 6.45) is 4.95. The zero-order valence-electron chi connectivity index (χ0n) is 14.3. The first-order valence-electron chi connectivity index (χ1n) is 7.83. The van der Waals surface area contributed by atoms with Gasteiger partial charge in [-0.25, -0.2) is 4.98 Å². The van der Waals surface area contributed by atoms with Gasteiger partial charge in [0.1, 0.15) is 5.82 Å². The number of pyridine rings is 1. The van der Waals surface area contributed by atoms with E-state index in [1.165, 1.54) is 0 Å². The molecule has 0 radical (unpaired) electrons. The van der Waals surface area contributed by atoms with Crippen molar-refractivity contribution in [1.82, 2.24) is 15.6 Å². The molecule has 1 saturated heterocycles. The topological polar surface area (TPSA) is 52.6 Å². The summed E-state index contributed by atoms with van der Waals surface area (Å²) in [4.78, 5) is 10.9. The molecule has 0 saturated carbocycles. The molecule has 23 heavy (non-hydrogen) atoms. The van der Waals surface area contributed by atoms with Crippen molar-refractivity contribution in [3.8, 4) is 0 Å². The van der Waals surface area contributed by atoms with Crippen LogP contribution < -0.4 is 15.5 Å². The fourth-order valence-corrected chi connectivity index (χ4v) is 2.89. The molecule has 0 bridgehead atoms. The molecule has 1 aromatic rings. The summed E-state index contributed by atoms with van der Waals surface area (Å²) in [5.74, 6) is 1.72. The maximum Gasteiger partial charge on any atom is 0.191 e. The van der Waals surface area contributed by atoms with Crippen LogP contribution in [0.25, 0.3) is 0 Å². The van der Waals surface area contributed by atoms with Crippen LogP contribution in [0.2, 0.25) is 5.02 Å². The van der Waals surface area contributed by atoms with Gasteiger partial charge in [-0.2, -0.15) is 11.8 Å². The van der Waals surface area contributed by atoms with E-state index < -0.39 is 0 Å². The van der Waals surface area contributed by atoms with Crippen molar-refractivity contribution in [2.24, 2.45) is 4.99 Å². The highest BCUT2D eigenvalue weighted by molar-refractivity contribution is 7.99. The third-order valence-corrected chi connectivity index (χ3v) is 5.57. The van der Waals surface area contributed by atoms with Gasteiger partial charge in [-0.05, 0) is 38.7 Å². The molecule has 7 heteroatoms. The largest absolute Gasteiger partial charge is 0.355 e. The van der Waals surface area contributed by atoms with Crippen LogP contribution in [0, 0.1) is 0 Å². The summed E-state index contributed by atoms with van der Waals surface area (Å²) in [5, 5.41) is 7.62. The van der Waals surface area contributed by atoms with E-state index in [-0.39, 0.29) is 4.75 Å². The van der Waals surface area contributed by atoms with E-state index in [2.05, 4.69) is 45.6 Å². The molecule has 1 unspecified atom stereocenters. The second kappa shape index (κ2) is 8.11. The van der Waals surface area contributed by atoms with Crippen LogP contribution >= 0.6 is 23.4 Å². The Hall–Kier alpha value is -1.14.